The Morgan fingerprint density at radius 3 is 2.83 bits per heavy atom. The summed E-state index contributed by atoms with van der Waals surface area (Å²) in [6, 6.07) is 8.61. The van der Waals surface area contributed by atoms with Crippen LogP contribution in [0.15, 0.2) is 62.7 Å². The van der Waals surface area contributed by atoms with Crippen LogP contribution in [-0.4, -0.2) is 18.4 Å². The van der Waals surface area contributed by atoms with Crippen molar-refractivity contribution < 1.29 is 18.7 Å². The topological polar surface area (TPSA) is 55.4 Å². The Kier molecular flexibility index (Phi) is 5.93. The van der Waals surface area contributed by atoms with E-state index in [1.807, 2.05) is 17.5 Å². The van der Waals surface area contributed by atoms with Crippen molar-refractivity contribution in [1.29, 1.82) is 0 Å². The molecule has 4 rings (SSSR count). The summed E-state index contributed by atoms with van der Waals surface area (Å²) in [6.07, 6.45) is 0.976. The van der Waals surface area contributed by atoms with E-state index in [1.54, 1.807) is 37.3 Å². The zero-order valence-corrected chi connectivity index (χ0v) is 19.0. The van der Waals surface area contributed by atoms with Gasteiger partial charge >= 0.3 is 5.97 Å². The minimum atomic E-state index is -0.797. The van der Waals surface area contributed by atoms with E-state index in [0.717, 1.165) is 10.6 Å². The first-order valence-corrected chi connectivity index (χ1v) is 11.5. The number of rotatable bonds is 4. The molecule has 0 saturated carbocycles. The smallest absolute Gasteiger partial charge is 0.336 e. The number of carbonyl (C=O) groups excluding carboxylic acids is 2. The standard InChI is InChI=1S/C23H21BrFNO3S/c1-3-29-23(28)20-12(2)26-17-9-13(19-5-4-8-30-19)10-18(27)22(17)21(20)15-11-14(24)6-7-16(15)25/h4-8,11,13,21,26H,3,9-10H2,1-2H3. The van der Waals surface area contributed by atoms with Crippen molar-refractivity contribution in [1.82, 2.24) is 5.32 Å². The van der Waals surface area contributed by atoms with Gasteiger partial charge in [-0.1, -0.05) is 22.0 Å². The lowest BCUT2D eigenvalue weighted by molar-refractivity contribution is -0.138. The normalized spacial score (nSPS) is 21.4. The molecule has 1 N–H and O–H groups in total. The molecule has 1 aliphatic carbocycles. The summed E-state index contributed by atoms with van der Waals surface area (Å²) in [6.45, 7) is 3.70. The van der Waals surface area contributed by atoms with Crippen LogP contribution in [0.3, 0.4) is 0 Å². The predicted octanol–water partition coefficient (Wildman–Crippen LogP) is 5.57. The third-order valence-electron chi connectivity index (χ3n) is 5.54. The Bertz CT molecular complexity index is 1070. The molecule has 0 spiro atoms. The average molecular weight is 490 g/mol. The number of Topliss-reactive ketones (excluding diaryl/α,β-unsaturated/α-hetero) is 1. The van der Waals surface area contributed by atoms with Crippen molar-refractivity contribution in [2.24, 2.45) is 0 Å². The van der Waals surface area contributed by atoms with Gasteiger partial charge in [0.05, 0.1) is 18.1 Å². The molecule has 30 heavy (non-hydrogen) atoms. The lowest BCUT2D eigenvalue weighted by atomic mass is 9.72. The average Bonchev–Trinajstić information content (AvgIpc) is 3.23. The molecular weight excluding hydrogens is 469 g/mol. The van der Waals surface area contributed by atoms with E-state index >= 15 is 0 Å². The number of nitrogens with one attached hydrogen (secondary N) is 1. The van der Waals surface area contributed by atoms with Crippen LogP contribution < -0.4 is 5.32 Å². The minimum absolute atomic E-state index is 0.0687. The fourth-order valence-corrected chi connectivity index (χ4v) is 5.50. The molecule has 0 saturated heterocycles. The van der Waals surface area contributed by atoms with E-state index in [2.05, 4.69) is 21.2 Å². The van der Waals surface area contributed by atoms with E-state index < -0.39 is 17.7 Å². The number of hydrogen-bond acceptors (Lipinski definition) is 5. The fourth-order valence-electron chi connectivity index (χ4n) is 4.29. The molecule has 2 unspecified atom stereocenters. The summed E-state index contributed by atoms with van der Waals surface area (Å²) in [5.41, 5.74) is 2.41. The molecule has 0 fully saturated rings. The van der Waals surface area contributed by atoms with Crippen LogP contribution in [-0.2, 0) is 14.3 Å². The number of esters is 1. The lowest BCUT2D eigenvalue weighted by Gasteiger charge is -2.36. The highest BCUT2D eigenvalue weighted by Crippen LogP contribution is 2.47. The van der Waals surface area contributed by atoms with Crippen molar-refractivity contribution in [3.63, 3.8) is 0 Å². The summed E-state index contributed by atoms with van der Waals surface area (Å²) >= 11 is 5.02. The molecule has 2 aromatic rings. The number of allylic oxidation sites excluding steroid dienone is 3. The van der Waals surface area contributed by atoms with E-state index in [9.17, 15) is 14.0 Å². The largest absolute Gasteiger partial charge is 0.463 e. The van der Waals surface area contributed by atoms with Crippen LogP contribution in [0.25, 0.3) is 0 Å². The highest BCUT2D eigenvalue weighted by molar-refractivity contribution is 9.10. The highest BCUT2D eigenvalue weighted by atomic mass is 79.9. The van der Waals surface area contributed by atoms with Crippen molar-refractivity contribution in [2.45, 2.75) is 38.5 Å². The molecule has 1 aromatic heterocycles. The molecule has 1 aromatic carbocycles. The zero-order chi connectivity index (χ0) is 21.4. The summed E-state index contributed by atoms with van der Waals surface area (Å²) in [5, 5.41) is 5.27. The van der Waals surface area contributed by atoms with Gasteiger partial charge in [-0.3, -0.25) is 4.79 Å². The number of carbonyl (C=O) groups is 2. The van der Waals surface area contributed by atoms with Crippen molar-refractivity contribution in [3.8, 4) is 0 Å². The summed E-state index contributed by atoms with van der Waals surface area (Å²) in [4.78, 5) is 27.3. The van der Waals surface area contributed by atoms with Gasteiger partial charge < -0.3 is 10.1 Å². The Labute approximate surface area is 187 Å². The van der Waals surface area contributed by atoms with E-state index in [4.69, 9.17) is 4.74 Å². The number of thiophene rings is 1. The van der Waals surface area contributed by atoms with Crippen LogP contribution in [0.2, 0.25) is 0 Å². The number of hydrogen-bond donors (Lipinski definition) is 1. The van der Waals surface area contributed by atoms with Crippen LogP contribution in [0.1, 0.15) is 49.0 Å². The van der Waals surface area contributed by atoms with Crippen LogP contribution in [0.5, 0.6) is 0 Å². The maximum Gasteiger partial charge on any atom is 0.336 e. The van der Waals surface area contributed by atoms with Crippen molar-refractivity contribution in [3.05, 3.63) is 79.0 Å². The molecule has 0 amide bonds. The maximum atomic E-state index is 14.9. The highest BCUT2D eigenvalue weighted by Gasteiger charge is 2.42. The molecule has 1 aliphatic heterocycles. The van der Waals surface area contributed by atoms with Gasteiger partial charge in [0.25, 0.3) is 0 Å². The Hall–Kier alpha value is -2.25. The van der Waals surface area contributed by atoms with E-state index in [-0.39, 0.29) is 23.9 Å². The first kappa shape index (κ1) is 21.0. The summed E-state index contributed by atoms with van der Waals surface area (Å²) in [5.74, 6) is -1.78. The first-order chi connectivity index (χ1) is 14.4. The summed E-state index contributed by atoms with van der Waals surface area (Å²) < 4.78 is 20.9. The van der Waals surface area contributed by atoms with Crippen LogP contribution in [0.4, 0.5) is 4.39 Å². The van der Waals surface area contributed by atoms with Gasteiger partial charge in [0.1, 0.15) is 5.82 Å². The molecule has 4 nitrogen and oxygen atoms in total. The van der Waals surface area contributed by atoms with E-state index in [1.165, 1.54) is 6.07 Å². The Morgan fingerprint density at radius 1 is 1.33 bits per heavy atom. The third kappa shape index (κ3) is 3.76. The lowest BCUT2D eigenvalue weighted by Crippen LogP contribution is -2.36. The second-order valence-electron chi connectivity index (χ2n) is 7.42. The number of dihydropyridines is 1. The SMILES string of the molecule is CCOC(=O)C1=C(C)NC2=C(C(=O)CC(c3cccs3)C2)C1c1cc(Br)ccc1F. The number of ether oxygens (including phenoxy) is 1. The second kappa shape index (κ2) is 8.47. The summed E-state index contributed by atoms with van der Waals surface area (Å²) in [7, 11) is 0. The quantitative estimate of drug-likeness (QED) is 0.569. The number of benzene rings is 1. The number of halogens is 2. The second-order valence-corrected chi connectivity index (χ2v) is 9.31. The van der Waals surface area contributed by atoms with Gasteiger partial charge in [-0.15, -0.1) is 11.3 Å². The molecule has 0 radical (unpaired) electrons. The monoisotopic (exact) mass is 489 g/mol. The molecule has 156 valence electrons. The van der Waals surface area contributed by atoms with Gasteiger partial charge in [-0.05, 0) is 49.9 Å². The fraction of sp³-hybridized carbons (Fsp3) is 0.304. The van der Waals surface area contributed by atoms with Gasteiger partial charge in [0, 0.05) is 44.2 Å². The van der Waals surface area contributed by atoms with Crippen molar-refractivity contribution in [2.75, 3.05) is 6.61 Å². The van der Waals surface area contributed by atoms with Gasteiger partial charge in [0.2, 0.25) is 0 Å². The third-order valence-corrected chi connectivity index (χ3v) is 7.07. The molecular formula is C23H21BrFNO3S. The molecule has 0 bridgehead atoms. The van der Waals surface area contributed by atoms with Crippen LogP contribution in [0, 0.1) is 5.82 Å². The molecule has 2 heterocycles. The molecule has 2 aliphatic rings. The van der Waals surface area contributed by atoms with Crippen LogP contribution >= 0.6 is 27.3 Å². The van der Waals surface area contributed by atoms with E-state index in [0.29, 0.717) is 34.1 Å². The molecule has 7 heteroatoms. The first-order valence-electron chi connectivity index (χ1n) is 9.80. The Balaban J connectivity index is 1.86. The van der Waals surface area contributed by atoms with Gasteiger partial charge in [-0.25, -0.2) is 9.18 Å². The number of ketones is 1. The predicted molar refractivity (Wildman–Crippen MR) is 118 cm³/mol. The molecule has 2 atom stereocenters. The zero-order valence-electron chi connectivity index (χ0n) is 16.6. The maximum absolute atomic E-state index is 14.9. The van der Waals surface area contributed by atoms with Crippen molar-refractivity contribution >= 4 is 39.0 Å². The minimum Gasteiger partial charge on any atom is -0.463 e. The van der Waals surface area contributed by atoms with Gasteiger partial charge in [0.15, 0.2) is 5.78 Å². The van der Waals surface area contributed by atoms with Gasteiger partial charge in [-0.2, -0.15) is 0 Å². The Morgan fingerprint density at radius 2 is 2.13 bits per heavy atom.